The maximum atomic E-state index is 12.7. The highest BCUT2D eigenvalue weighted by atomic mass is 35.5. The van der Waals surface area contributed by atoms with Gasteiger partial charge in [0.15, 0.2) is 0 Å². The SMILES string of the molecule is NC(=Nc1cc(Cl)cc(C(F)(F)F)c1)C1CCCCC1. The largest absolute Gasteiger partial charge is 0.416 e. The van der Waals surface area contributed by atoms with Crippen molar-refractivity contribution in [1.29, 1.82) is 0 Å². The van der Waals surface area contributed by atoms with E-state index in [4.69, 9.17) is 17.3 Å². The molecule has 2 N–H and O–H groups in total. The molecule has 1 fully saturated rings. The van der Waals surface area contributed by atoms with Gasteiger partial charge in [-0.3, -0.25) is 0 Å². The Morgan fingerprint density at radius 3 is 2.40 bits per heavy atom. The number of nitrogens with two attached hydrogens (primary N) is 1. The van der Waals surface area contributed by atoms with E-state index < -0.39 is 11.7 Å². The van der Waals surface area contributed by atoms with Gasteiger partial charge in [-0.1, -0.05) is 30.9 Å². The number of hydrogen-bond acceptors (Lipinski definition) is 1. The Balaban J connectivity index is 2.25. The molecule has 0 radical (unpaired) electrons. The molecule has 0 heterocycles. The lowest BCUT2D eigenvalue weighted by molar-refractivity contribution is -0.137. The number of alkyl halides is 3. The zero-order valence-corrected chi connectivity index (χ0v) is 11.6. The smallest absolute Gasteiger partial charge is 0.387 e. The quantitative estimate of drug-likeness (QED) is 0.610. The normalized spacial score (nSPS) is 18.3. The van der Waals surface area contributed by atoms with Crippen LogP contribution in [0.1, 0.15) is 37.7 Å². The number of aliphatic imine (C=N–C) groups is 1. The van der Waals surface area contributed by atoms with E-state index >= 15 is 0 Å². The highest BCUT2D eigenvalue weighted by Crippen LogP contribution is 2.34. The van der Waals surface area contributed by atoms with Gasteiger partial charge in [-0.25, -0.2) is 4.99 Å². The van der Waals surface area contributed by atoms with E-state index in [1.807, 2.05) is 0 Å². The van der Waals surface area contributed by atoms with Crippen molar-refractivity contribution in [2.45, 2.75) is 38.3 Å². The summed E-state index contributed by atoms with van der Waals surface area (Å²) in [6.45, 7) is 0. The summed E-state index contributed by atoms with van der Waals surface area (Å²) in [5.74, 6) is 0.567. The first-order valence-corrected chi connectivity index (χ1v) is 6.96. The molecule has 0 bridgehead atoms. The molecule has 0 spiro atoms. The zero-order chi connectivity index (χ0) is 14.8. The van der Waals surface area contributed by atoms with Crippen molar-refractivity contribution in [2.75, 3.05) is 0 Å². The summed E-state index contributed by atoms with van der Waals surface area (Å²) in [5, 5.41) is 0.00928. The minimum absolute atomic E-state index is 0.00928. The molecule has 1 saturated carbocycles. The van der Waals surface area contributed by atoms with Gasteiger partial charge >= 0.3 is 6.18 Å². The summed E-state index contributed by atoms with van der Waals surface area (Å²) < 4.78 is 38.1. The van der Waals surface area contributed by atoms with E-state index in [0.717, 1.165) is 37.8 Å². The maximum absolute atomic E-state index is 12.7. The summed E-state index contributed by atoms with van der Waals surface area (Å²) in [6, 6.07) is 3.26. The second-order valence-corrected chi connectivity index (χ2v) is 5.50. The summed E-state index contributed by atoms with van der Waals surface area (Å²) in [4.78, 5) is 4.13. The lowest BCUT2D eigenvalue weighted by Gasteiger charge is -2.20. The Bertz CT molecular complexity index is 506. The third kappa shape index (κ3) is 3.88. The van der Waals surface area contributed by atoms with Gasteiger partial charge in [0.1, 0.15) is 5.84 Å². The summed E-state index contributed by atoms with van der Waals surface area (Å²) in [6.07, 6.45) is 0.812. The fourth-order valence-electron chi connectivity index (χ4n) is 2.44. The Morgan fingerprint density at radius 2 is 1.80 bits per heavy atom. The van der Waals surface area contributed by atoms with Crippen molar-refractivity contribution in [3.63, 3.8) is 0 Å². The summed E-state index contributed by atoms with van der Waals surface area (Å²) in [5.41, 5.74) is 5.27. The van der Waals surface area contributed by atoms with Gasteiger partial charge < -0.3 is 5.73 Å². The third-order valence-corrected chi connectivity index (χ3v) is 3.71. The first kappa shape index (κ1) is 15.2. The molecule has 6 heteroatoms. The van der Waals surface area contributed by atoms with Crippen molar-refractivity contribution in [3.8, 4) is 0 Å². The molecular formula is C14H16ClF3N2. The monoisotopic (exact) mass is 304 g/mol. The lowest BCUT2D eigenvalue weighted by Crippen LogP contribution is -2.25. The highest BCUT2D eigenvalue weighted by molar-refractivity contribution is 6.30. The van der Waals surface area contributed by atoms with E-state index in [2.05, 4.69) is 4.99 Å². The molecule has 1 aliphatic rings. The van der Waals surface area contributed by atoms with Gasteiger partial charge in [0.05, 0.1) is 11.3 Å². The van der Waals surface area contributed by atoms with Gasteiger partial charge in [0, 0.05) is 10.9 Å². The molecular weight excluding hydrogens is 289 g/mol. The minimum Gasteiger partial charge on any atom is -0.387 e. The van der Waals surface area contributed by atoms with Crippen molar-refractivity contribution < 1.29 is 13.2 Å². The van der Waals surface area contributed by atoms with Gasteiger partial charge in [-0.05, 0) is 31.0 Å². The molecule has 110 valence electrons. The Kier molecular flexibility index (Phi) is 4.58. The number of hydrogen-bond donors (Lipinski definition) is 1. The van der Waals surface area contributed by atoms with Crippen LogP contribution in [0, 0.1) is 5.92 Å². The fourth-order valence-corrected chi connectivity index (χ4v) is 2.67. The van der Waals surface area contributed by atoms with Crippen LogP contribution < -0.4 is 5.73 Å². The summed E-state index contributed by atoms with van der Waals surface area (Å²) in [7, 11) is 0. The predicted molar refractivity (Wildman–Crippen MR) is 74.3 cm³/mol. The first-order chi connectivity index (χ1) is 9.36. The number of benzene rings is 1. The second kappa shape index (κ2) is 6.04. The van der Waals surface area contributed by atoms with E-state index in [-0.39, 0.29) is 16.6 Å². The van der Waals surface area contributed by atoms with Crippen LogP contribution in [0.15, 0.2) is 23.2 Å². The first-order valence-electron chi connectivity index (χ1n) is 6.58. The maximum Gasteiger partial charge on any atom is 0.416 e. The molecule has 0 saturated heterocycles. The standard InChI is InChI=1S/C14H16ClF3N2/c15-11-6-10(14(16,17)18)7-12(8-11)20-13(19)9-4-2-1-3-5-9/h6-9H,1-5H2,(H2,19,20). The van der Waals surface area contributed by atoms with Crippen molar-refractivity contribution in [3.05, 3.63) is 28.8 Å². The molecule has 0 unspecified atom stereocenters. The Labute approximate surface area is 120 Å². The van der Waals surface area contributed by atoms with E-state index in [1.54, 1.807) is 0 Å². The molecule has 1 aromatic carbocycles. The predicted octanol–water partition coefficient (Wildman–Crippen LogP) is 4.93. The van der Waals surface area contributed by atoms with Crippen molar-refractivity contribution >= 4 is 23.1 Å². The van der Waals surface area contributed by atoms with Crippen LogP contribution in [0.3, 0.4) is 0 Å². The zero-order valence-electron chi connectivity index (χ0n) is 10.9. The Morgan fingerprint density at radius 1 is 1.15 bits per heavy atom. The number of amidine groups is 1. The number of rotatable bonds is 2. The average molecular weight is 305 g/mol. The fraction of sp³-hybridized carbons (Fsp3) is 0.500. The van der Waals surface area contributed by atoms with Gasteiger partial charge in [0.2, 0.25) is 0 Å². The van der Waals surface area contributed by atoms with Gasteiger partial charge in [-0.15, -0.1) is 0 Å². The van der Waals surface area contributed by atoms with E-state index in [9.17, 15) is 13.2 Å². The molecule has 0 aliphatic heterocycles. The highest BCUT2D eigenvalue weighted by Gasteiger charge is 2.31. The van der Waals surface area contributed by atoms with E-state index in [1.165, 1.54) is 12.5 Å². The number of halogens is 4. The molecule has 0 amide bonds. The van der Waals surface area contributed by atoms with Crippen LogP contribution >= 0.6 is 11.6 Å². The van der Waals surface area contributed by atoms with Crippen LogP contribution in [0.25, 0.3) is 0 Å². The summed E-state index contributed by atoms with van der Waals surface area (Å²) >= 11 is 5.72. The van der Waals surface area contributed by atoms with Crippen molar-refractivity contribution in [2.24, 2.45) is 16.6 Å². The molecule has 1 aliphatic carbocycles. The van der Waals surface area contributed by atoms with E-state index in [0.29, 0.717) is 5.84 Å². The van der Waals surface area contributed by atoms with Gasteiger partial charge in [-0.2, -0.15) is 13.2 Å². The van der Waals surface area contributed by atoms with Crippen LogP contribution in [0.2, 0.25) is 5.02 Å². The topological polar surface area (TPSA) is 38.4 Å². The average Bonchev–Trinajstić information content (AvgIpc) is 2.38. The minimum atomic E-state index is -4.44. The second-order valence-electron chi connectivity index (χ2n) is 5.07. The van der Waals surface area contributed by atoms with Gasteiger partial charge in [0.25, 0.3) is 0 Å². The third-order valence-electron chi connectivity index (χ3n) is 3.49. The molecule has 20 heavy (non-hydrogen) atoms. The number of nitrogens with zero attached hydrogens (tertiary/aromatic N) is 1. The van der Waals surface area contributed by atoms with Crippen LogP contribution in [0.4, 0.5) is 18.9 Å². The lowest BCUT2D eigenvalue weighted by atomic mass is 9.88. The molecule has 2 nitrogen and oxygen atoms in total. The van der Waals surface area contributed by atoms with Crippen LogP contribution in [-0.4, -0.2) is 5.84 Å². The van der Waals surface area contributed by atoms with Crippen LogP contribution in [-0.2, 0) is 6.18 Å². The van der Waals surface area contributed by atoms with Crippen molar-refractivity contribution in [1.82, 2.24) is 0 Å². The molecule has 2 rings (SSSR count). The molecule has 0 atom stereocenters. The molecule has 1 aromatic rings. The molecule has 0 aromatic heterocycles. The Hall–Kier alpha value is -1.23. The van der Waals surface area contributed by atoms with Crippen LogP contribution in [0.5, 0.6) is 0 Å².